The highest BCUT2D eigenvalue weighted by Gasteiger charge is 2.43. The molecule has 2 aliphatic rings. The molecule has 0 radical (unpaired) electrons. The van der Waals surface area contributed by atoms with E-state index >= 15 is 0 Å². The molecule has 4 atom stereocenters. The lowest BCUT2D eigenvalue weighted by molar-refractivity contribution is -0.148. The van der Waals surface area contributed by atoms with Crippen molar-refractivity contribution in [3.05, 3.63) is 36.0 Å². The molecule has 2 aromatic rings. The molecule has 2 fully saturated rings. The molecule has 3 amide bonds. The Kier molecular flexibility index (Phi) is 9.01. The number of rotatable bonds is 11. The Bertz CT molecular complexity index is 1170. The standard InChI is InChI=1S/C27H38N6O5/c28-12-4-3-8-19(29)25(35)33-14-6-11-23(33)26(36)32-13-5-10-22(32)24(34)31-21(27(37)38)15-17-16-30-20-9-2-1-7-18(17)20/h1-2,7,9,16,19,21-23,30H,3-6,8,10-15,28-29H2,(H,31,34)(H,37,38). The maximum Gasteiger partial charge on any atom is 0.326 e. The lowest BCUT2D eigenvalue weighted by Gasteiger charge is -2.32. The highest BCUT2D eigenvalue weighted by atomic mass is 16.4. The van der Waals surface area contributed by atoms with Crippen molar-refractivity contribution in [1.29, 1.82) is 0 Å². The Labute approximate surface area is 221 Å². The predicted molar refractivity (Wildman–Crippen MR) is 142 cm³/mol. The first-order chi connectivity index (χ1) is 18.3. The molecule has 0 saturated carbocycles. The van der Waals surface area contributed by atoms with Gasteiger partial charge < -0.3 is 36.7 Å². The fourth-order valence-electron chi connectivity index (χ4n) is 5.62. The highest BCUT2D eigenvalue weighted by molar-refractivity contribution is 5.95. The van der Waals surface area contributed by atoms with Crippen molar-refractivity contribution in [2.75, 3.05) is 19.6 Å². The second kappa shape index (κ2) is 12.4. The maximum atomic E-state index is 13.6. The van der Waals surface area contributed by atoms with Crippen LogP contribution in [0.1, 0.15) is 50.5 Å². The van der Waals surface area contributed by atoms with Crippen molar-refractivity contribution in [2.45, 2.75) is 75.5 Å². The monoisotopic (exact) mass is 526 g/mol. The number of amides is 3. The van der Waals surface area contributed by atoms with Gasteiger partial charge in [-0.1, -0.05) is 24.6 Å². The number of benzene rings is 1. The molecule has 1 aromatic heterocycles. The van der Waals surface area contributed by atoms with E-state index in [0.29, 0.717) is 51.7 Å². The van der Waals surface area contributed by atoms with Gasteiger partial charge in [-0.05, 0) is 56.7 Å². The number of carboxylic acids is 1. The van der Waals surface area contributed by atoms with Gasteiger partial charge >= 0.3 is 5.97 Å². The van der Waals surface area contributed by atoms with Crippen molar-refractivity contribution >= 4 is 34.6 Å². The van der Waals surface area contributed by atoms with Gasteiger partial charge in [-0.15, -0.1) is 0 Å². The third kappa shape index (κ3) is 5.99. The third-order valence-corrected chi connectivity index (χ3v) is 7.66. The zero-order valence-corrected chi connectivity index (χ0v) is 21.6. The van der Waals surface area contributed by atoms with Crippen LogP contribution in [0.3, 0.4) is 0 Å². The first-order valence-corrected chi connectivity index (χ1v) is 13.5. The summed E-state index contributed by atoms with van der Waals surface area (Å²) < 4.78 is 0. The molecule has 0 spiro atoms. The SMILES string of the molecule is NCCCCC(N)C(=O)N1CCCC1C(=O)N1CCCC1C(=O)NC(Cc1c[nH]c2ccccc12)C(=O)O. The van der Waals surface area contributed by atoms with E-state index < -0.39 is 36.0 Å². The number of carbonyl (C=O) groups is 4. The molecule has 2 aliphatic heterocycles. The van der Waals surface area contributed by atoms with Gasteiger partial charge in [0, 0.05) is 36.6 Å². The van der Waals surface area contributed by atoms with Crippen LogP contribution in [-0.4, -0.2) is 87.4 Å². The van der Waals surface area contributed by atoms with E-state index in [-0.39, 0.29) is 18.2 Å². The van der Waals surface area contributed by atoms with Gasteiger partial charge in [0.15, 0.2) is 0 Å². The number of nitrogens with zero attached hydrogens (tertiary/aromatic N) is 2. The lowest BCUT2D eigenvalue weighted by atomic mass is 10.0. The van der Waals surface area contributed by atoms with E-state index in [1.807, 2.05) is 24.3 Å². The number of hydrogen-bond acceptors (Lipinski definition) is 6. The minimum absolute atomic E-state index is 0.110. The number of para-hydroxylation sites is 1. The van der Waals surface area contributed by atoms with Crippen molar-refractivity contribution in [2.24, 2.45) is 11.5 Å². The second-order valence-electron chi connectivity index (χ2n) is 10.2. The first-order valence-electron chi connectivity index (χ1n) is 13.5. The van der Waals surface area contributed by atoms with Gasteiger partial charge in [0.05, 0.1) is 6.04 Å². The van der Waals surface area contributed by atoms with E-state index in [1.54, 1.807) is 11.1 Å². The summed E-state index contributed by atoms with van der Waals surface area (Å²) in [6.45, 7) is 1.38. The topological polar surface area (TPSA) is 175 Å². The second-order valence-corrected chi connectivity index (χ2v) is 10.2. The number of nitrogens with two attached hydrogens (primary N) is 2. The zero-order valence-electron chi connectivity index (χ0n) is 21.6. The molecule has 7 N–H and O–H groups in total. The maximum absolute atomic E-state index is 13.6. The van der Waals surface area contributed by atoms with Gasteiger partial charge in [0.2, 0.25) is 17.7 Å². The molecule has 0 aliphatic carbocycles. The number of H-pyrrole nitrogens is 1. The number of unbranched alkanes of at least 4 members (excludes halogenated alkanes) is 1. The Hall–Kier alpha value is -3.44. The summed E-state index contributed by atoms with van der Waals surface area (Å²) in [6, 6.07) is 4.31. The molecule has 2 saturated heterocycles. The summed E-state index contributed by atoms with van der Waals surface area (Å²) in [5, 5.41) is 13.4. The molecule has 4 unspecified atom stereocenters. The smallest absolute Gasteiger partial charge is 0.326 e. The molecule has 206 valence electrons. The van der Waals surface area contributed by atoms with Crippen molar-refractivity contribution < 1.29 is 24.3 Å². The van der Waals surface area contributed by atoms with E-state index in [4.69, 9.17) is 11.5 Å². The molecule has 38 heavy (non-hydrogen) atoms. The number of fused-ring (bicyclic) bond motifs is 1. The molecule has 11 heteroatoms. The van der Waals surface area contributed by atoms with Gasteiger partial charge in [0.25, 0.3) is 0 Å². The van der Waals surface area contributed by atoms with Crippen LogP contribution < -0.4 is 16.8 Å². The van der Waals surface area contributed by atoms with Gasteiger partial charge in [-0.25, -0.2) is 4.79 Å². The van der Waals surface area contributed by atoms with E-state index in [1.165, 1.54) is 4.90 Å². The normalized spacial score (nSPS) is 21.0. The van der Waals surface area contributed by atoms with Crippen LogP contribution in [0.4, 0.5) is 0 Å². The van der Waals surface area contributed by atoms with E-state index in [2.05, 4.69) is 10.3 Å². The largest absolute Gasteiger partial charge is 0.480 e. The first kappa shape index (κ1) is 27.6. The van der Waals surface area contributed by atoms with Crippen LogP contribution in [0.15, 0.2) is 30.5 Å². The zero-order chi connectivity index (χ0) is 27.2. The molecule has 0 bridgehead atoms. The van der Waals surface area contributed by atoms with Crippen LogP contribution >= 0.6 is 0 Å². The quantitative estimate of drug-likeness (QED) is 0.268. The van der Waals surface area contributed by atoms with Crippen molar-refractivity contribution in [3.63, 3.8) is 0 Å². The molecule has 4 rings (SSSR count). The minimum Gasteiger partial charge on any atom is -0.480 e. The Morgan fingerprint density at radius 2 is 1.76 bits per heavy atom. The van der Waals surface area contributed by atoms with Crippen molar-refractivity contribution in [3.8, 4) is 0 Å². The summed E-state index contributed by atoms with van der Waals surface area (Å²) in [5.41, 5.74) is 13.3. The number of carbonyl (C=O) groups excluding carboxylic acids is 3. The Balaban J connectivity index is 1.41. The summed E-state index contributed by atoms with van der Waals surface area (Å²) in [5.74, 6) is -2.15. The third-order valence-electron chi connectivity index (χ3n) is 7.66. The number of aromatic nitrogens is 1. The minimum atomic E-state index is -1.14. The van der Waals surface area contributed by atoms with Gasteiger partial charge in [-0.2, -0.15) is 0 Å². The fourth-order valence-corrected chi connectivity index (χ4v) is 5.62. The number of hydrogen-bond donors (Lipinski definition) is 5. The van der Waals surface area contributed by atoms with Crippen LogP contribution in [0.5, 0.6) is 0 Å². The van der Waals surface area contributed by atoms with Gasteiger partial charge in [0.1, 0.15) is 18.1 Å². The predicted octanol–water partition coefficient (Wildman–Crippen LogP) is 0.718. The van der Waals surface area contributed by atoms with Crippen LogP contribution in [0.2, 0.25) is 0 Å². The van der Waals surface area contributed by atoms with Gasteiger partial charge in [-0.3, -0.25) is 14.4 Å². The Morgan fingerprint density at radius 1 is 1.05 bits per heavy atom. The molecular formula is C27H38N6O5. The van der Waals surface area contributed by atoms with Crippen LogP contribution in [0.25, 0.3) is 10.9 Å². The number of aliphatic carboxylic acids is 1. The van der Waals surface area contributed by atoms with Crippen LogP contribution in [-0.2, 0) is 25.6 Å². The lowest BCUT2D eigenvalue weighted by Crippen LogP contribution is -2.56. The average Bonchev–Trinajstić information content (AvgIpc) is 3.67. The summed E-state index contributed by atoms with van der Waals surface area (Å²) in [6.07, 6.45) is 6.18. The summed E-state index contributed by atoms with van der Waals surface area (Å²) in [7, 11) is 0. The van der Waals surface area contributed by atoms with E-state index in [0.717, 1.165) is 29.3 Å². The van der Waals surface area contributed by atoms with E-state index in [9.17, 15) is 24.3 Å². The molecule has 11 nitrogen and oxygen atoms in total. The molecular weight excluding hydrogens is 488 g/mol. The molecule has 3 heterocycles. The average molecular weight is 527 g/mol. The van der Waals surface area contributed by atoms with Crippen LogP contribution in [0, 0.1) is 0 Å². The number of carboxylic acid groups (broad SMARTS) is 1. The number of aromatic amines is 1. The number of likely N-dealkylation sites (tertiary alicyclic amines) is 2. The molecule has 1 aromatic carbocycles. The highest BCUT2D eigenvalue weighted by Crippen LogP contribution is 2.26. The fraction of sp³-hybridized carbons (Fsp3) is 0.556. The Morgan fingerprint density at radius 3 is 2.50 bits per heavy atom. The van der Waals surface area contributed by atoms with Crippen molar-refractivity contribution in [1.82, 2.24) is 20.1 Å². The summed E-state index contributed by atoms with van der Waals surface area (Å²) >= 11 is 0. The summed E-state index contributed by atoms with van der Waals surface area (Å²) in [4.78, 5) is 58.1. The number of nitrogens with one attached hydrogen (secondary N) is 2.